The molecule has 0 aliphatic carbocycles. The van der Waals surface area contributed by atoms with Crippen LogP contribution < -0.4 is 15.4 Å². The van der Waals surface area contributed by atoms with E-state index in [2.05, 4.69) is 15.6 Å². The van der Waals surface area contributed by atoms with E-state index >= 15 is 0 Å². The minimum atomic E-state index is -0.536. The second-order valence-electron chi connectivity index (χ2n) is 7.97. The van der Waals surface area contributed by atoms with E-state index in [-0.39, 0.29) is 49.6 Å². The Morgan fingerprint density at radius 1 is 1.22 bits per heavy atom. The van der Waals surface area contributed by atoms with Crippen LogP contribution in [-0.2, 0) is 25.6 Å². The summed E-state index contributed by atoms with van der Waals surface area (Å²) in [5.74, 6) is 0.288. The van der Waals surface area contributed by atoms with Crippen LogP contribution in [0, 0.1) is 0 Å². The van der Waals surface area contributed by atoms with E-state index < -0.39 is 6.10 Å². The van der Waals surface area contributed by atoms with Gasteiger partial charge in [-0.15, -0.1) is 0 Å². The zero-order valence-corrected chi connectivity index (χ0v) is 17.8. The summed E-state index contributed by atoms with van der Waals surface area (Å²) in [6.45, 7) is 0.179. The van der Waals surface area contributed by atoms with Gasteiger partial charge < -0.3 is 30.0 Å². The van der Waals surface area contributed by atoms with Crippen molar-refractivity contribution in [1.29, 1.82) is 0 Å². The normalized spacial score (nSPS) is 23.6. The molecule has 2 aliphatic heterocycles. The van der Waals surface area contributed by atoms with E-state index in [4.69, 9.17) is 14.2 Å². The molecule has 3 N–H and O–H groups in total. The molecular weight excluding hydrogens is 414 g/mol. The van der Waals surface area contributed by atoms with Gasteiger partial charge in [0.2, 0.25) is 11.8 Å². The number of anilines is 1. The number of carbonyl (C=O) groups is 2. The number of ether oxygens (including phenoxy) is 3. The lowest BCUT2D eigenvalue weighted by atomic mass is 9.84. The van der Waals surface area contributed by atoms with Crippen LogP contribution in [0.5, 0.6) is 5.75 Å². The topological polar surface area (TPSA) is 119 Å². The molecule has 2 amide bonds. The molecule has 4 rings (SSSR count). The molecule has 0 saturated carbocycles. The number of nitrogens with zero attached hydrogens (tertiary/aromatic N) is 1. The van der Waals surface area contributed by atoms with Gasteiger partial charge in [-0.25, -0.2) is 0 Å². The van der Waals surface area contributed by atoms with Crippen LogP contribution in [0.3, 0.4) is 0 Å². The summed E-state index contributed by atoms with van der Waals surface area (Å²) in [5, 5.41) is 15.6. The molecule has 170 valence electrons. The van der Waals surface area contributed by atoms with Crippen molar-refractivity contribution in [2.75, 3.05) is 25.6 Å². The number of hydrogen-bond acceptors (Lipinski definition) is 7. The fourth-order valence-electron chi connectivity index (χ4n) is 4.28. The van der Waals surface area contributed by atoms with Crippen LogP contribution >= 0.6 is 0 Å². The van der Waals surface area contributed by atoms with Crippen molar-refractivity contribution in [3.8, 4) is 5.75 Å². The second kappa shape index (κ2) is 10.1. The lowest BCUT2D eigenvalue weighted by Gasteiger charge is -2.37. The highest BCUT2D eigenvalue weighted by molar-refractivity contribution is 5.92. The number of aromatic nitrogens is 1. The smallest absolute Gasteiger partial charge is 0.250 e. The molecular formula is C23H27N3O6. The number of aliphatic hydroxyl groups excluding tert-OH is 1. The van der Waals surface area contributed by atoms with Crippen molar-refractivity contribution in [3.05, 3.63) is 53.9 Å². The molecule has 3 heterocycles. The van der Waals surface area contributed by atoms with Gasteiger partial charge >= 0.3 is 0 Å². The monoisotopic (exact) mass is 441 g/mol. The van der Waals surface area contributed by atoms with Crippen LogP contribution in [0.25, 0.3) is 0 Å². The number of aliphatic hydroxyl groups is 1. The van der Waals surface area contributed by atoms with E-state index in [1.165, 1.54) is 7.11 Å². The number of benzene rings is 1. The van der Waals surface area contributed by atoms with Crippen LogP contribution in [-0.4, -0.2) is 60.5 Å². The lowest BCUT2D eigenvalue weighted by molar-refractivity contribution is -0.142. The SMILES string of the molecule is COCC(=O)Nc1ccc2c(c1)[C@@H]1C[C@H](CC(=O)NCc3ccncc3)O[C@H](CO)[C@@H]1O2. The van der Waals surface area contributed by atoms with Gasteiger partial charge in [-0.05, 0) is 42.3 Å². The third-order valence-corrected chi connectivity index (χ3v) is 5.71. The van der Waals surface area contributed by atoms with E-state index in [1.54, 1.807) is 24.5 Å². The van der Waals surface area contributed by atoms with Crippen molar-refractivity contribution in [3.63, 3.8) is 0 Å². The Morgan fingerprint density at radius 2 is 2.03 bits per heavy atom. The molecule has 1 saturated heterocycles. The zero-order valence-electron chi connectivity index (χ0n) is 17.8. The molecule has 0 radical (unpaired) electrons. The molecule has 1 fully saturated rings. The molecule has 9 heteroatoms. The van der Waals surface area contributed by atoms with Crippen molar-refractivity contribution in [1.82, 2.24) is 10.3 Å². The average Bonchev–Trinajstić information content (AvgIpc) is 3.16. The van der Waals surface area contributed by atoms with E-state index in [1.807, 2.05) is 18.2 Å². The Bertz CT molecular complexity index is 954. The van der Waals surface area contributed by atoms with Crippen LogP contribution in [0.1, 0.15) is 29.9 Å². The number of amides is 2. The molecule has 2 aliphatic rings. The van der Waals surface area contributed by atoms with Crippen molar-refractivity contribution < 1.29 is 28.9 Å². The van der Waals surface area contributed by atoms with Gasteiger partial charge in [-0.1, -0.05) is 0 Å². The molecule has 4 atom stereocenters. The number of hydrogen-bond donors (Lipinski definition) is 3. The zero-order chi connectivity index (χ0) is 22.5. The summed E-state index contributed by atoms with van der Waals surface area (Å²) in [7, 11) is 1.46. The molecule has 2 aromatic rings. The van der Waals surface area contributed by atoms with Gasteiger partial charge in [-0.3, -0.25) is 14.6 Å². The summed E-state index contributed by atoms with van der Waals surface area (Å²) in [6.07, 6.45) is 2.90. The van der Waals surface area contributed by atoms with Gasteiger partial charge in [0.25, 0.3) is 0 Å². The van der Waals surface area contributed by atoms with Gasteiger partial charge in [0.1, 0.15) is 24.6 Å². The minimum Gasteiger partial charge on any atom is -0.487 e. The van der Waals surface area contributed by atoms with Crippen molar-refractivity contribution in [2.45, 2.75) is 43.6 Å². The highest BCUT2D eigenvalue weighted by Gasteiger charge is 2.46. The van der Waals surface area contributed by atoms with E-state index in [9.17, 15) is 14.7 Å². The summed E-state index contributed by atoms with van der Waals surface area (Å²) >= 11 is 0. The molecule has 0 spiro atoms. The fraction of sp³-hybridized carbons (Fsp3) is 0.435. The first kappa shape index (κ1) is 22.2. The van der Waals surface area contributed by atoms with Crippen LogP contribution in [0.15, 0.2) is 42.7 Å². The van der Waals surface area contributed by atoms with Crippen molar-refractivity contribution >= 4 is 17.5 Å². The first-order chi connectivity index (χ1) is 15.6. The third-order valence-electron chi connectivity index (χ3n) is 5.71. The molecule has 1 aromatic carbocycles. The average molecular weight is 441 g/mol. The van der Waals surface area contributed by atoms with Gasteiger partial charge in [0.15, 0.2) is 0 Å². The summed E-state index contributed by atoms with van der Waals surface area (Å²) in [6, 6.07) is 9.15. The standard InChI is InChI=1S/C23H27N3O6/c1-30-13-22(29)26-15-2-3-19-17(8-15)18-9-16(31-20(12-27)23(18)32-19)10-21(28)25-11-14-4-6-24-7-5-14/h2-8,16,18,20,23,27H,9-13H2,1H3,(H,25,28)(H,26,29)/t16-,18+,20-,23-/m1/s1. The first-order valence-electron chi connectivity index (χ1n) is 10.6. The lowest BCUT2D eigenvalue weighted by Crippen LogP contribution is -2.47. The second-order valence-corrected chi connectivity index (χ2v) is 7.97. The van der Waals surface area contributed by atoms with Crippen LogP contribution in [0.4, 0.5) is 5.69 Å². The molecule has 1 aromatic heterocycles. The number of nitrogens with one attached hydrogen (secondary N) is 2. The molecule has 0 bridgehead atoms. The molecule has 9 nitrogen and oxygen atoms in total. The summed E-state index contributed by atoms with van der Waals surface area (Å²) < 4.78 is 16.9. The Morgan fingerprint density at radius 3 is 2.78 bits per heavy atom. The number of pyridine rings is 1. The van der Waals surface area contributed by atoms with E-state index in [0.717, 1.165) is 11.1 Å². The number of methoxy groups -OCH3 is 1. The number of carbonyl (C=O) groups excluding carboxylic acids is 2. The third kappa shape index (κ3) is 5.07. The Labute approximate surface area is 186 Å². The minimum absolute atomic E-state index is 0.0310. The quantitative estimate of drug-likeness (QED) is 0.566. The Balaban J connectivity index is 1.42. The van der Waals surface area contributed by atoms with Gasteiger partial charge in [-0.2, -0.15) is 0 Å². The maximum Gasteiger partial charge on any atom is 0.250 e. The highest BCUT2D eigenvalue weighted by Crippen LogP contribution is 2.47. The summed E-state index contributed by atoms with van der Waals surface area (Å²) in [4.78, 5) is 28.3. The van der Waals surface area contributed by atoms with E-state index in [0.29, 0.717) is 24.4 Å². The molecule has 32 heavy (non-hydrogen) atoms. The Hall–Kier alpha value is -3.01. The van der Waals surface area contributed by atoms with Gasteiger partial charge in [0, 0.05) is 43.2 Å². The summed E-state index contributed by atoms with van der Waals surface area (Å²) in [5.41, 5.74) is 2.55. The number of rotatable bonds is 8. The predicted molar refractivity (Wildman–Crippen MR) is 115 cm³/mol. The van der Waals surface area contributed by atoms with Crippen LogP contribution in [0.2, 0.25) is 0 Å². The highest BCUT2D eigenvalue weighted by atomic mass is 16.6. The largest absolute Gasteiger partial charge is 0.487 e. The maximum atomic E-state index is 12.5. The maximum absolute atomic E-state index is 12.5. The Kier molecular flexibility index (Phi) is 6.99. The van der Waals surface area contributed by atoms with Gasteiger partial charge in [0.05, 0.1) is 19.1 Å². The van der Waals surface area contributed by atoms with Crippen molar-refractivity contribution in [2.24, 2.45) is 0 Å². The fourth-order valence-corrected chi connectivity index (χ4v) is 4.28. The number of fused-ring (bicyclic) bond motifs is 3. The predicted octanol–water partition coefficient (Wildman–Crippen LogP) is 1.37. The first-order valence-corrected chi connectivity index (χ1v) is 10.6. The molecule has 0 unspecified atom stereocenters.